The average Bonchev–Trinajstić information content (AvgIpc) is 2.82. The molecule has 2 N–H and O–H groups in total. The molecule has 0 saturated heterocycles. The molecule has 0 aliphatic carbocycles. The summed E-state index contributed by atoms with van der Waals surface area (Å²) in [6.45, 7) is 1.45. The number of nitrogen functional groups attached to an aromatic ring is 1. The molecule has 0 aliphatic heterocycles. The number of anilines is 1. The van der Waals surface area contributed by atoms with E-state index in [0.717, 1.165) is 17.8 Å². The number of rotatable bonds is 4. The Morgan fingerprint density at radius 1 is 1.44 bits per heavy atom. The molecule has 0 aliphatic rings. The molecule has 0 fully saturated rings. The summed E-state index contributed by atoms with van der Waals surface area (Å²) in [6.07, 6.45) is 0. The van der Waals surface area contributed by atoms with Gasteiger partial charge in [0.05, 0.1) is 16.8 Å². The lowest BCUT2D eigenvalue weighted by Gasteiger charge is -2.16. The first-order chi connectivity index (χ1) is 8.70. The third-order valence-electron chi connectivity index (χ3n) is 2.65. The Bertz CT molecular complexity index is 557. The van der Waals surface area contributed by atoms with Gasteiger partial charge in [0.1, 0.15) is 6.07 Å². The summed E-state index contributed by atoms with van der Waals surface area (Å²) in [6, 6.07) is 7.73. The Kier molecular flexibility index (Phi) is 3.92. The van der Waals surface area contributed by atoms with E-state index < -0.39 is 0 Å². The molecule has 1 aromatic heterocycles. The van der Waals surface area contributed by atoms with Crippen molar-refractivity contribution in [1.29, 1.82) is 5.26 Å². The zero-order chi connectivity index (χ0) is 13.0. The molecular weight excluding hydrogens is 244 g/mol. The van der Waals surface area contributed by atoms with E-state index >= 15 is 0 Å². The first-order valence-corrected chi connectivity index (χ1v) is 6.48. The predicted molar refractivity (Wildman–Crippen MR) is 72.9 cm³/mol. The first kappa shape index (κ1) is 12.6. The molecule has 1 heterocycles. The van der Waals surface area contributed by atoms with Gasteiger partial charge in [-0.2, -0.15) is 5.26 Å². The molecular formula is C13H14N4S. The van der Waals surface area contributed by atoms with Gasteiger partial charge in [0.25, 0.3) is 0 Å². The highest BCUT2D eigenvalue weighted by Crippen LogP contribution is 2.18. The van der Waals surface area contributed by atoms with Crippen LogP contribution in [0.3, 0.4) is 0 Å². The smallest absolute Gasteiger partial charge is 0.102 e. The van der Waals surface area contributed by atoms with E-state index in [1.165, 1.54) is 0 Å². The number of benzene rings is 1. The van der Waals surface area contributed by atoms with Gasteiger partial charge in [-0.3, -0.25) is 4.90 Å². The zero-order valence-corrected chi connectivity index (χ0v) is 10.9. The fourth-order valence-corrected chi connectivity index (χ4v) is 2.38. The maximum atomic E-state index is 9.11. The van der Waals surface area contributed by atoms with Crippen LogP contribution in [0.4, 0.5) is 5.69 Å². The molecule has 0 radical (unpaired) electrons. The third-order valence-corrected chi connectivity index (χ3v) is 3.29. The second kappa shape index (κ2) is 5.63. The van der Waals surface area contributed by atoms with Crippen molar-refractivity contribution in [2.24, 2.45) is 0 Å². The molecule has 0 atom stereocenters. The lowest BCUT2D eigenvalue weighted by atomic mass is 10.1. The van der Waals surface area contributed by atoms with Crippen LogP contribution in [0, 0.1) is 11.3 Å². The highest BCUT2D eigenvalue weighted by atomic mass is 32.1. The molecule has 4 nitrogen and oxygen atoms in total. The summed E-state index contributed by atoms with van der Waals surface area (Å²) in [7, 11) is 2.00. The highest BCUT2D eigenvalue weighted by Gasteiger charge is 2.09. The van der Waals surface area contributed by atoms with Gasteiger partial charge in [-0.25, -0.2) is 4.98 Å². The summed E-state index contributed by atoms with van der Waals surface area (Å²) < 4.78 is 0. The number of nitriles is 1. The van der Waals surface area contributed by atoms with E-state index in [-0.39, 0.29) is 0 Å². The summed E-state index contributed by atoms with van der Waals surface area (Å²) in [5, 5.41) is 11.1. The Morgan fingerprint density at radius 2 is 2.28 bits per heavy atom. The number of aromatic nitrogens is 1. The maximum Gasteiger partial charge on any atom is 0.102 e. The minimum atomic E-state index is 0.539. The Morgan fingerprint density at radius 3 is 2.94 bits per heavy atom. The van der Waals surface area contributed by atoms with E-state index in [0.29, 0.717) is 17.8 Å². The van der Waals surface area contributed by atoms with Crippen molar-refractivity contribution in [1.82, 2.24) is 9.88 Å². The molecule has 0 bridgehead atoms. The summed E-state index contributed by atoms with van der Waals surface area (Å²) in [4.78, 5) is 6.36. The zero-order valence-electron chi connectivity index (χ0n) is 10.1. The fourth-order valence-electron chi connectivity index (χ4n) is 1.83. The Hall–Kier alpha value is -1.90. The lowest BCUT2D eigenvalue weighted by Crippen LogP contribution is -2.18. The maximum absolute atomic E-state index is 9.11. The topological polar surface area (TPSA) is 65.9 Å². The van der Waals surface area contributed by atoms with Gasteiger partial charge in [0, 0.05) is 24.2 Å². The van der Waals surface area contributed by atoms with Crippen LogP contribution in [-0.4, -0.2) is 16.9 Å². The van der Waals surface area contributed by atoms with Gasteiger partial charge >= 0.3 is 0 Å². The van der Waals surface area contributed by atoms with E-state index in [4.69, 9.17) is 11.0 Å². The van der Waals surface area contributed by atoms with E-state index in [1.807, 2.05) is 30.1 Å². The minimum Gasteiger partial charge on any atom is -0.398 e. The standard InChI is InChI=1S/C13H14N4S/c1-17(7-11-8-18-9-16-11)6-10-3-2-4-13(15)12(10)5-14/h2-4,8-9H,6-7,15H2,1H3. The molecule has 18 heavy (non-hydrogen) atoms. The number of nitrogens with two attached hydrogens (primary N) is 1. The lowest BCUT2D eigenvalue weighted by molar-refractivity contribution is 0.315. The van der Waals surface area contributed by atoms with Crippen LogP contribution in [0.5, 0.6) is 0 Å². The first-order valence-electron chi connectivity index (χ1n) is 5.53. The van der Waals surface area contributed by atoms with Crippen LogP contribution in [0.15, 0.2) is 29.1 Å². The summed E-state index contributed by atoms with van der Waals surface area (Å²) >= 11 is 1.59. The van der Waals surface area contributed by atoms with Crippen LogP contribution in [0.2, 0.25) is 0 Å². The normalized spacial score (nSPS) is 10.5. The Balaban J connectivity index is 2.10. The fraction of sp³-hybridized carbons (Fsp3) is 0.231. The second-order valence-electron chi connectivity index (χ2n) is 4.15. The molecule has 0 saturated carbocycles. The van der Waals surface area contributed by atoms with Crippen molar-refractivity contribution in [3.8, 4) is 6.07 Å². The van der Waals surface area contributed by atoms with E-state index in [2.05, 4.69) is 16.0 Å². The van der Waals surface area contributed by atoms with E-state index in [1.54, 1.807) is 17.4 Å². The van der Waals surface area contributed by atoms with Gasteiger partial charge in [-0.05, 0) is 18.7 Å². The second-order valence-corrected chi connectivity index (χ2v) is 4.86. The third kappa shape index (κ3) is 2.86. The largest absolute Gasteiger partial charge is 0.398 e. The van der Waals surface area contributed by atoms with Gasteiger partial charge in [0.2, 0.25) is 0 Å². The van der Waals surface area contributed by atoms with Crippen molar-refractivity contribution < 1.29 is 0 Å². The molecule has 2 rings (SSSR count). The predicted octanol–water partition coefficient (Wildman–Crippen LogP) is 2.23. The van der Waals surface area contributed by atoms with E-state index in [9.17, 15) is 0 Å². The minimum absolute atomic E-state index is 0.539. The highest BCUT2D eigenvalue weighted by molar-refractivity contribution is 7.07. The molecule has 0 unspecified atom stereocenters. The quantitative estimate of drug-likeness (QED) is 0.854. The van der Waals surface area contributed by atoms with Crippen LogP contribution in [-0.2, 0) is 13.1 Å². The molecule has 2 aromatic rings. The van der Waals surface area contributed by atoms with Crippen molar-refractivity contribution in [3.05, 3.63) is 45.9 Å². The van der Waals surface area contributed by atoms with Gasteiger partial charge < -0.3 is 5.73 Å². The number of hydrogen-bond acceptors (Lipinski definition) is 5. The molecule has 0 spiro atoms. The van der Waals surface area contributed by atoms with Crippen molar-refractivity contribution in [2.75, 3.05) is 12.8 Å². The molecule has 1 aromatic carbocycles. The molecule has 5 heteroatoms. The number of nitrogens with zero attached hydrogens (tertiary/aromatic N) is 3. The van der Waals surface area contributed by atoms with Crippen LogP contribution in [0.25, 0.3) is 0 Å². The van der Waals surface area contributed by atoms with Crippen LogP contribution in [0.1, 0.15) is 16.8 Å². The number of hydrogen-bond donors (Lipinski definition) is 1. The monoisotopic (exact) mass is 258 g/mol. The summed E-state index contributed by atoms with van der Waals surface area (Å²) in [5.74, 6) is 0. The van der Waals surface area contributed by atoms with Crippen molar-refractivity contribution >= 4 is 17.0 Å². The van der Waals surface area contributed by atoms with Crippen LogP contribution >= 0.6 is 11.3 Å². The molecule has 0 amide bonds. The van der Waals surface area contributed by atoms with Crippen LogP contribution < -0.4 is 5.73 Å². The van der Waals surface area contributed by atoms with Gasteiger partial charge in [0.15, 0.2) is 0 Å². The SMILES string of the molecule is CN(Cc1cscn1)Cc1cccc(N)c1C#N. The van der Waals surface area contributed by atoms with Crippen molar-refractivity contribution in [3.63, 3.8) is 0 Å². The number of thiazole rings is 1. The van der Waals surface area contributed by atoms with Gasteiger partial charge in [-0.15, -0.1) is 11.3 Å². The Labute approximate surface area is 110 Å². The van der Waals surface area contributed by atoms with Gasteiger partial charge in [-0.1, -0.05) is 12.1 Å². The molecule has 92 valence electrons. The average molecular weight is 258 g/mol. The van der Waals surface area contributed by atoms with Crippen molar-refractivity contribution in [2.45, 2.75) is 13.1 Å². The summed E-state index contributed by atoms with van der Waals surface area (Å²) in [5.41, 5.74) is 10.7.